The molecule has 2 nitrogen and oxygen atoms in total. The Labute approximate surface area is 133 Å². The lowest BCUT2D eigenvalue weighted by Crippen LogP contribution is -2.28. The molecule has 0 amide bonds. The van der Waals surface area contributed by atoms with Crippen LogP contribution in [0.15, 0.2) is 18.2 Å². The number of nitrogens with two attached hydrogens (primary N) is 1. The summed E-state index contributed by atoms with van der Waals surface area (Å²) >= 11 is 6.58. The molecule has 2 aliphatic carbocycles. The van der Waals surface area contributed by atoms with Gasteiger partial charge in [-0.15, -0.1) is 0 Å². The Morgan fingerprint density at radius 3 is 2.29 bits per heavy atom. The number of hydrogen-bond acceptors (Lipinski definition) is 2. The van der Waals surface area contributed by atoms with E-state index >= 15 is 0 Å². The molecule has 0 heterocycles. The van der Waals surface area contributed by atoms with E-state index in [1.165, 1.54) is 50.0 Å². The first-order chi connectivity index (χ1) is 10.2. The molecule has 2 aliphatic rings. The zero-order valence-electron chi connectivity index (χ0n) is 13.0. The van der Waals surface area contributed by atoms with E-state index in [0.717, 1.165) is 29.7 Å². The summed E-state index contributed by atoms with van der Waals surface area (Å²) < 4.78 is 0. The number of nitrogens with zero attached hydrogens (tertiary/aromatic N) is 1. The molecule has 1 unspecified atom stereocenters. The Morgan fingerprint density at radius 1 is 1.19 bits per heavy atom. The maximum absolute atomic E-state index is 6.58. The van der Waals surface area contributed by atoms with Gasteiger partial charge in [0, 0.05) is 19.1 Å². The minimum Gasteiger partial charge on any atom is -0.370 e. The fraction of sp³-hybridized carbons (Fsp3) is 0.667. The summed E-state index contributed by atoms with van der Waals surface area (Å²) in [6.45, 7) is 4.50. The van der Waals surface area contributed by atoms with Crippen LogP contribution in [-0.2, 0) is 6.42 Å². The molecule has 0 saturated heterocycles. The van der Waals surface area contributed by atoms with Crippen molar-refractivity contribution >= 4 is 17.3 Å². The van der Waals surface area contributed by atoms with Crippen LogP contribution in [0.1, 0.15) is 44.6 Å². The van der Waals surface area contributed by atoms with Crippen LogP contribution in [0.25, 0.3) is 0 Å². The third kappa shape index (κ3) is 4.37. The van der Waals surface area contributed by atoms with Crippen molar-refractivity contribution < 1.29 is 0 Å². The molecule has 0 radical (unpaired) electrons. The molecule has 1 aromatic carbocycles. The summed E-state index contributed by atoms with van der Waals surface area (Å²) in [5, 5.41) is 0.900. The molecule has 0 aromatic heterocycles. The van der Waals surface area contributed by atoms with Crippen LogP contribution in [0, 0.1) is 11.8 Å². The third-order valence-electron chi connectivity index (χ3n) is 4.73. The SMILES string of the molecule is CCC(N)Cc1ccc(N(CC2CC2)CC2CC2)c(Cl)c1. The predicted octanol–water partition coefficient (Wildman–Crippen LogP) is 4.25. The van der Waals surface area contributed by atoms with Gasteiger partial charge in [0.15, 0.2) is 0 Å². The van der Waals surface area contributed by atoms with Gasteiger partial charge < -0.3 is 10.6 Å². The van der Waals surface area contributed by atoms with Gasteiger partial charge in [-0.2, -0.15) is 0 Å². The molecule has 0 aliphatic heterocycles. The van der Waals surface area contributed by atoms with E-state index in [1.54, 1.807) is 0 Å². The van der Waals surface area contributed by atoms with Gasteiger partial charge in [0.25, 0.3) is 0 Å². The van der Waals surface area contributed by atoms with Gasteiger partial charge in [0.2, 0.25) is 0 Å². The molecule has 2 fully saturated rings. The van der Waals surface area contributed by atoms with Gasteiger partial charge in [-0.25, -0.2) is 0 Å². The van der Waals surface area contributed by atoms with Crippen molar-refractivity contribution in [3.8, 4) is 0 Å². The Balaban J connectivity index is 1.71. The molecule has 21 heavy (non-hydrogen) atoms. The third-order valence-corrected chi connectivity index (χ3v) is 5.03. The van der Waals surface area contributed by atoms with Crippen LogP contribution in [0.4, 0.5) is 5.69 Å². The van der Waals surface area contributed by atoms with Crippen LogP contribution in [0.2, 0.25) is 5.02 Å². The number of anilines is 1. The zero-order valence-corrected chi connectivity index (χ0v) is 13.8. The quantitative estimate of drug-likeness (QED) is 0.778. The minimum absolute atomic E-state index is 0.237. The molecule has 2 N–H and O–H groups in total. The van der Waals surface area contributed by atoms with E-state index < -0.39 is 0 Å². The van der Waals surface area contributed by atoms with Gasteiger partial charge in [-0.3, -0.25) is 0 Å². The first kappa shape index (κ1) is 15.2. The summed E-state index contributed by atoms with van der Waals surface area (Å²) in [5.74, 6) is 1.79. The molecule has 3 rings (SSSR count). The monoisotopic (exact) mass is 306 g/mol. The predicted molar refractivity (Wildman–Crippen MR) is 91.1 cm³/mol. The standard InChI is InChI=1S/C18H27ClN2/c1-2-16(20)9-15-7-8-18(17(19)10-15)21(11-13-3-4-13)12-14-5-6-14/h7-8,10,13-14,16H,2-6,9,11-12,20H2,1H3. The lowest BCUT2D eigenvalue weighted by molar-refractivity contribution is 0.646. The van der Waals surface area contributed by atoms with Gasteiger partial charge in [0.05, 0.1) is 10.7 Å². The van der Waals surface area contributed by atoms with Crippen molar-refractivity contribution in [1.82, 2.24) is 0 Å². The van der Waals surface area contributed by atoms with Gasteiger partial charge in [-0.05, 0) is 68.1 Å². The van der Waals surface area contributed by atoms with E-state index in [0.29, 0.717) is 0 Å². The molecule has 2 saturated carbocycles. The number of hydrogen-bond donors (Lipinski definition) is 1. The maximum Gasteiger partial charge on any atom is 0.0642 e. The first-order valence-electron chi connectivity index (χ1n) is 8.44. The van der Waals surface area contributed by atoms with Crippen LogP contribution < -0.4 is 10.6 Å². The summed E-state index contributed by atoms with van der Waals surface area (Å²) in [4.78, 5) is 2.53. The highest BCUT2D eigenvalue weighted by Crippen LogP contribution is 2.38. The van der Waals surface area contributed by atoms with Crippen LogP contribution >= 0.6 is 11.6 Å². The van der Waals surface area contributed by atoms with E-state index in [-0.39, 0.29) is 6.04 Å². The van der Waals surface area contributed by atoms with Crippen molar-refractivity contribution in [2.45, 2.75) is 51.5 Å². The lowest BCUT2D eigenvalue weighted by atomic mass is 10.0. The smallest absolute Gasteiger partial charge is 0.0642 e. The molecular formula is C18H27ClN2. The van der Waals surface area contributed by atoms with Crippen LogP contribution in [0.5, 0.6) is 0 Å². The van der Waals surface area contributed by atoms with Gasteiger partial charge in [0.1, 0.15) is 0 Å². The van der Waals surface area contributed by atoms with Gasteiger partial charge in [-0.1, -0.05) is 24.6 Å². The number of halogens is 1. The minimum atomic E-state index is 0.237. The largest absolute Gasteiger partial charge is 0.370 e. The second kappa shape index (κ2) is 6.58. The zero-order chi connectivity index (χ0) is 14.8. The maximum atomic E-state index is 6.58. The second-order valence-corrected chi connectivity index (χ2v) is 7.36. The Kier molecular flexibility index (Phi) is 4.75. The van der Waals surface area contributed by atoms with E-state index in [4.69, 9.17) is 17.3 Å². The molecule has 0 bridgehead atoms. The van der Waals surface area contributed by atoms with Crippen LogP contribution in [-0.4, -0.2) is 19.1 Å². The number of rotatable bonds is 8. The summed E-state index contributed by atoms with van der Waals surface area (Å²) in [7, 11) is 0. The first-order valence-corrected chi connectivity index (χ1v) is 8.82. The fourth-order valence-electron chi connectivity index (χ4n) is 2.88. The highest BCUT2D eigenvalue weighted by molar-refractivity contribution is 6.33. The van der Waals surface area contributed by atoms with Crippen LogP contribution in [0.3, 0.4) is 0 Å². The highest BCUT2D eigenvalue weighted by Gasteiger charge is 2.30. The van der Waals surface area contributed by atoms with Crippen molar-refractivity contribution in [3.05, 3.63) is 28.8 Å². The Morgan fingerprint density at radius 2 is 1.81 bits per heavy atom. The topological polar surface area (TPSA) is 29.3 Å². The molecule has 0 spiro atoms. The molecule has 116 valence electrons. The Bertz CT molecular complexity index is 466. The number of benzene rings is 1. The van der Waals surface area contributed by atoms with Crippen molar-refractivity contribution in [2.24, 2.45) is 17.6 Å². The van der Waals surface area contributed by atoms with Crippen molar-refractivity contribution in [2.75, 3.05) is 18.0 Å². The lowest BCUT2D eigenvalue weighted by Gasteiger charge is -2.26. The van der Waals surface area contributed by atoms with Crippen molar-refractivity contribution in [3.63, 3.8) is 0 Å². The van der Waals surface area contributed by atoms with Gasteiger partial charge >= 0.3 is 0 Å². The molecule has 1 atom stereocenters. The molecule has 3 heteroatoms. The Hall–Kier alpha value is -0.730. The highest BCUT2D eigenvalue weighted by atomic mass is 35.5. The molecular weight excluding hydrogens is 280 g/mol. The summed E-state index contributed by atoms with van der Waals surface area (Å²) in [6.07, 6.45) is 7.49. The van der Waals surface area contributed by atoms with E-state index in [2.05, 4.69) is 30.0 Å². The molecule has 1 aromatic rings. The normalized spacial score (nSPS) is 19.6. The summed E-state index contributed by atoms with van der Waals surface area (Å²) in [5.41, 5.74) is 8.53. The second-order valence-electron chi connectivity index (χ2n) is 6.95. The average molecular weight is 307 g/mol. The van der Waals surface area contributed by atoms with E-state index in [9.17, 15) is 0 Å². The van der Waals surface area contributed by atoms with Crippen molar-refractivity contribution in [1.29, 1.82) is 0 Å². The van der Waals surface area contributed by atoms with E-state index in [1.807, 2.05) is 0 Å². The fourth-order valence-corrected chi connectivity index (χ4v) is 3.20. The summed E-state index contributed by atoms with van der Waals surface area (Å²) in [6, 6.07) is 6.79. The average Bonchev–Trinajstić information content (AvgIpc) is 3.34.